The van der Waals surface area contributed by atoms with E-state index in [1.807, 2.05) is 6.26 Å². The van der Waals surface area contributed by atoms with E-state index in [0.29, 0.717) is 23.1 Å². The van der Waals surface area contributed by atoms with E-state index in [-0.39, 0.29) is 5.91 Å². The Hall–Kier alpha value is -0.990. The second-order valence-corrected chi connectivity index (χ2v) is 7.86. The van der Waals surface area contributed by atoms with Crippen LogP contribution in [0.25, 0.3) is 0 Å². The van der Waals surface area contributed by atoms with Gasteiger partial charge in [0.25, 0.3) is 0 Å². The lowest BCUT2D eigenvalue weighted by Gasteiger charge is -2.23. The lowest BCUT2D eigenvalue weighted by Crippen LogP contribution is -2.46. The molecular formula is C14H22ClN3O3S2. The number of halogens is 1. The second kappa shape index (κ2) is 9.34. The molecule has 1 atom stereocenters. The van der Waals surface area contributed by atoms with Crippen molar-refractivity contribution < 1.29 is 14.3 Å². The summed E-state index contributed by atoms with van der Waals surface area (Å²) in [4.78, 5) is 28.4. The minimum absolute atomic E-state index is 0.290. The highest BCUT2D eigenvalue weighted by molar-refractivity contribution is 7.98. The molecule has 1 aromatic heterocycles. The number of nitrogens with zero attached hydrogens (tertiary/aromatic N) is 1. The molecule has 6 nitrogen and oxygen atoms in total. The third-order valence-corrected chi connectivity index (χ3v) is 4.26. The highest BCUT2D eigenvalue weighted by Crippen LogP contribution is 2.17. The van der Waals surface area contributed by atoms with Crippen molar-refractivity contribution in [3.05, 3.63) is 11.1 Å². The minimum atomic E-state index is -0.680. The second-order valence-electron chi connectivity index (χ2n) is 5.75. The number of alkyl halides is 1. The molecule has 0 aliphatic heterocycles. The number of hydrogen-bond donors (Lipinski definition) is 2. The van der Waals surface area contributed by atoms with Crippen LogP contribution in [0.15, 0.2) is 5.38 Å². The summed E-state index contributed by atoms with van der Waals surface area (Å²) >= 11 is 8.59. The summed E-state index contributed by atoms with van der Waals surface area (Å²) in [7, 11) is 0. The zero-order valence-electron chi connectivity index (χ0n) is 13.6. The van der Waals surface area contributed by atoms with Crippen LogP contribution in [0.4, 0.5) is 9.93 Å². The molecule has 130 valence electrons. The van der Waals surface area contributed by atoms with Crippen molar-refractivity contribution in [1.82, 2.24) is 10.3 Å². The van der Waals surface area contributed by atoms with E-state index >= 15 is 0 Å². The van der Waals surface area contributed by atoms with E-state index in [0.717, 1.165) is 5.75 Å². The molecule has 23 heavy (non-hydrogen) atoms. The number of alkyl carbamates (subject to hydrolysis) is 1. The van der Waals surface area contributed by atoms with Gasteiger partial charge in [0.05, 0.1) is 11.6 Å². The molecule has 1 heterocycles. The highest BCUT2D eigenvalue weighted by Gasteiger charge is 2.24. The summed E-state index contributed by atoms with van der Waals surface area (Å²) in [5.74, 6) is 0.706. The van der Waals surface area contributed by atoms with Crippen LogP contribution < -0.4 is 10.6 Å². The molecule has 1 aromatic rings. The van der Waals surface area contributed by atoms with Crippen molar-refractivity contribution in [3.63, 3.8) is 0 Å². The Kier molecular flexibility index (Phi) is 8.15. The molecule has 0 saturated heterocycles. The van der Waals surface area contributed by atoms with Crippen molar-refractivity contribution in [2.24, 2.45) is 0 Å². The Balaban J connectivity index is 2.67. The zero-order chi connectivity index (χ0) is 17.5. The first kappa shape index (κ1) is 20.1. The largest absolute Gasteiger partial charge is 0.444 e. The average Bonchev–Trinajstić information content (AvgIpc) is 2.88. The Morgan fingerprint density at radius 2 is 2.17 bits per heavy atom. The standard InChI is InChI=1S/C14H22ClN3O3S2/c1-14(2,3)21-13(20)17-10(5-6-22-4)11(19)18-12-16-9(7-15)8-23-12/h8,10H,5-7H2,1-4H3,(H,17,20)(H,16,18,19). The van der Waals surface area contributed by atoms with Gasteiger partial charge in [0, 0.05) is 5.38 Å². The van der Waals surface area contributed by atoms with Crippen LogP contribution in [-0.4, -0.2) is 40.6 Å². The normalized spacial score (nSPS) is 12.6. The van der Waals surface area contributed by atoms with Gasteiger partial charge < -0.3 is 15.4 Å². The van der Waals surface area contributed by atoms with E-state index in [4.69, 9.17) is 16.3 Å². The lowest BCUT2D eigenvalue weighted by atomic mass is 10.2. The van der Waals surface area contributed by atoms with Crippen molar-refractivity contribution in [2.75, 3.05) is 17.3 Å². The van der Waals surface area contributed by atoms with Crippen LogP contribution in [0, 0.1) is 0 Å². The van der Waals surface area contributed by atoms with Gasteiger partial charge in [0.2, 0.25) is 5.91 Å². The Morgan fingerprint density at radius 3 is 2.70 bits per heavy atom. The summed E-state index contributed by atoms with van der Waals surface area (Å²) < 4.78 is 5.20. The Morgan fingerprint density at radius 1 is 1.48 bits per heavy atom. The number of thioether (sulfide) groups is 1. The van der Waals surface area contributed by atoms with E-state index in [1.54, 1.807) is 37.9 Å². The van der Waals surface area contributed by atoms with Gasteiger partial charge in [-0.25, -0.2) is 9.78 Å². The molecule has 1 unspecified atom stereocenters. The molecule has 0 fully saturated rings. The van der Waals surface area contributed by atoms with Gasteiger partial charge in [-0.1, -0.05) is 0 Å². The molecule has 0 aliphatic carbocycles. The fraction of sp³-hybridized carbons (Fsp3) is 0.643. The number of carbonyl (C=O) groups is 2. The molecule has 1 rings (SSSR count). The SMILES string of the molecule is CSCCC(NC(=O)OC(C)(C)C)C(=O)Nc1nc(CCl)cs1. The van der Waals surface area contributed by atoms with Crippen LogP contribution in [-0.2, 0) is 15.4 Å². The smallest absolute Gasteiger partial charge is 0.408 e. The lowest BCUT2D eigenvalue weighted by molar-refractivity contribution is -0.118. The van der Waals surface area contributed by atoms with Crippen LogP contribution in [0.2, 0.25) is 0 Å². The highest BCUT2D eigenvalue weighted by atomic mass is 35.5. The van der Waals surface area contributed by atoms with Gasteiger partial charge in [0.1, 0.15) is 11.6 Å². The van der Waals surface area contributed by atoms with Gasteiger partial charge in [-0.15, -0.1) is 22.9 Å². The molecule has 2 N–H and O–H groups in total. The van der Waals surface area contributed by atoms with Crippen molar-refractivity contribution in [2.45, 2.75) is 44.7 Å². The number of carbonyl (C=O) groups excluding carboxylic acids is 2. The first-order chi connectivity index (χ1) is 10.7. The number of thiazole rings is 1. The minimum Gasteiger partial charge on any atom is -0.444 e. The van der Waals surface area contributed by atoms with E-state index in [2.05, 4.69) is 15.6 Å². The van der Waals surface area contributed by atoms with Crippen molar-refractivity contribution >= 4 is 51.8 Å². The quantitative estimate of drug-likeness (QED) is 0.709. The Bertz CT molecular complexity index is 532. The maximum atomic E-state index is 12.4. The maximum absolute atomic E-state index is 12.4. The summed E-state index contributed by atoms with van der Waals surface area (Å²) in [6, 6.07) is -0.680. The number of ether oxygens (including phenoxy) is 1. The fourth-order valence-corrected chi connectivity index (χ4v) is 2.99. The van der Waals surface area contributed by atoms with Crippen molar-refractivity contribution in [3.8, 4) is 0 Å². The average molecular weight is 380 g/mol. The van der Waals surface area contributed by atoms with Crippen LogP contribution >= 0.6 is 34.7 Å². The fourth-order valence-electron chi connectivity index (χ4n) is 1.57. The first-order valence-electron chi connectivity index (χ1n) is 7.05. The number of rotatable bonds is 7. The summed E-state index contributed by atoms with van der Waals surface area (Å²) in [5.41, 5.74) is 0.0857. The molecule has 0 radical (unpaired) electrons. The molecular weight excluding hydrogens is 358 g/mol. The predicted octanol–water partition coefficient (Wildman–Crippen LogP) is 3.47. The van der Waals surface area contributed by atoms with Gasteiger partial charge in [-0.3, -0.25) is 4.79 Å². The topological polar surface area (TPSA) is 80.3 Å². The molecule has 0 spiro atoms. The zero-order valence-corrected chi connectivity index (χ0v) is 16.0. The number of anilines is 1. The van der Waals surface area contributed by atoms with Crippen LogP contribution in [0.5, 0.6) is 0 Å². The number of nitrogens with one attached hydrogen (secondary N) is 2. The number of aromatic nitrogens is 1. The van der Waals surface area contributed by atoms with E-state index in [1.165, 1.54) is 11.3 Å². The Labute approximate surface area is 149 Å². The maximum Gasteiger partial charge on any atom is 0.408 e. The van der Waals surface area contributed by atoms with Crippen LogP contribution in [0.1, 0.15) is 32.9 Å². The molecule has 9 heteroatoms. The van der Waals surface area contributed by atoms with E-state index < -0.39 is 17.7 Å². The molecule has 0 bridgehead atoms. The third kappa shape index (κ3) is 7.90. The number of amides is 2. The molecule has 0 saturated carbocycles. The van der Waals surface area contributed by atoms with Gasteiger partial charge in [-0.05, 0) is 39.2 Å². The summed E-state index contributed by atoms with van der Waals surface area (Å²) in [5, 5.41) is 7.56. The van der Waals surface area contributed by atoms with E-state index in [9.17, 15) is 9.59 Å². The molecule has 0 aromatic carbocycles. The first-order valence-corrected chi connectivity index (χ1v) is 9.85. The monoisotopic (exact) mass is 379 g/mol. The summed E-state index contributed by atoms with van der Waals surface area (Å²) in [6.07, 6.45) is 1.83. The summed E-state index contributed by atoms with van der Waals surface area (Å²) in [6.45, 7) is 5.31. The molecule has 0 aliphatic rings. The van der Waals surface area contributed by atoms with Crippen molar-refractivity contribution in [1.29, 1.82) is 0 Å². The molecule has 2 amide bonds. The van der Waals surface area contributed by atoms with Crippen LogP contribution in [0.3, 0.4) is 0 Å². The third-order valence-electron chi connectivity index (χ3n) is 2.54. The van der Waals surface area contributed by atoms with Gasteiger partial charge >= 0.3 is 6.09 Å². The van der Waals surface area contributed by atoms with Gasteiger partial charge in [-0.2, -0.15) is 11.8 Å². The predicted molar refractivity (Wildman–Crippen MR) is 96.5 cm³/mol. The van der Waals surface area contributed by atoms with Gasteiger partial charge in [0.15, 0.2) is 5.13 Å². The number of hydrogen-bond acceptors (Lipinski definition) is 6.